The fraction of sp³-hybridized carbons (Fsp3) is 0.500. The van der Waals surface area contributed by atoms with Crippen LogP contribution >= 0.6 is 0 Å². The zero-order chi connectivity index (χ0) is 23.5. The molecule has 1 fully saturated rings. The summed E-state index contributed by atoms with van der Waals surface area (Å²) in [6.45, 7) is 2.51. The number of methoxy groups -OCH3 is 1. The van der Waals surface area contributed by atoms with Gasteiger partial charge in [-0.25, -0.2) is 9.50 Å². The fourth-order valence-corrected chi connectivity index (χ4v) is 3.28. The molecule has 0 amide bonds. The molecular formula is C22H35N7O3. The van der Waals surface area contributed by atoms with Gasteiger partial charge in [-0.1, -0.05) is 44.6 Å². The number of esters is 1. The molecule has 0 aliphatic heterocycles. The Morgan fingerprint density at radius 1 is 1.22 bits per heavy atom. The number of nitrogen functional groups attached to an aromatic ring is 1. The van der Waals surface area contributed by atoms with Crippen molar-refractivity contribution in [2.24, 2.45) is 12.8 Å². The van der Waals surface area contributed by atoms with Crippen molar-refractivity contribution in [3.63, 3.8) is 0 Å². The number of nitrogens with two attached hydrogens (primary N) is 2. The first-order valence-corrected chi connectivity index (χ1v) is 10.9. The molecule has 1 aliphatic carbocycles. The number of hydrogen-bond donors (Lipinski definition) is 4. The number of ether oxygens (including phenoxy) is 1. The molecule has 3 aromatic heterocycles. The number of rotatable bonds is 4. The SMILES string of the molecule is C1CCCCC1.COC(=O)CN.Cc1[nH]n2c(NCc3ccc(=O)n(C)c3)cc(N)nc12. The number of aromatic nitrogens is 4. The Balaban J connectivity index is 0.000000248. The van der Waals surface area contributed by atoms with Crippen LogP contribution in [0.3, 0.4) is 0 Å². The summed E-state index contributed by atoms with van der Waals surface area (Å²) in [5, 5.41) is 6.42. The van der Waals surface area contributed by atoms with Crippen LogP contribution in [0.1, 0.15) is 49.8 Å². The molecule has 3 aromatic rings. The van der Waals surface area contributed by atoms with Gasteiger partial charge in [0, 0.05) is 31.9 Å². The van der Waals surface area contributed by atoms with Gasteiger partial charge in [-0.15, -0.1) is 0 Å². The Hall–Kier alpha value is -3.27. The summed E-state index contributed by atoms with van der Waals surface area (Å²) in [6, 6.07) is 5.13. The quantitative estimate of drug-likeness (QED) is 0.451. The molecule has 0 spiro atoms. The largest absolute Gasteiger partial charge is 0.468 e. The van der Waals surface area contributed by atoms with Gasteiger partial charge in [0.05, 0.1) is 19.3 Å². The van der Waals surface area contributed by atoms with Crippen molar-refractivity contribution < 1.29 is 9.53 Å². The number of nitrogens with one attached hydrogen (secondary N) is 2. The highest BCUT2D eigenvalue weighted by Crippen LogP contribution is 2.18. The van der Waals surface area contributed by atoms with Crippen molar-refractivity contribution in [2.45, 2.75) is 52.0 Å². The van der Waals surface area contributed by atoms with Crippen molar-refractivity contribution in [1.82, 2.24) is 19.2 Å². The van der Waals surface area contributed by atoms with Gasteiger partial charge < -0.3 is 26.1 Å². The summed E-state index contributed by atoms with van der Waals surface area (Å²) in [6.07, 6.45) is 10.8. The number of aryl methyl sites for hydroxylation is 2. The number of carbonyl (C=O) groups excluding carboxylic acids is 1. The highest BCUT2D eigenvalue weighted by molar-refractivity contribution is 5.71. The first kappa shape index (κ1) is 25.0. The van der Waals surface area contributed by atoms with E-state index in [2.05, 4.69) is 20.1 Å². The maximum atomic E-state index is 11.3. The maximum Gasteiger partial charge on any atom is 0.319 e. The summed E-state index contributed by atoms with van der Waals surface area (Å²) in [5.74, 6) is 0.932. The minimum Gasteiger partial charge on any atom is -0.468 e. The molecule has 176 valence electrons. The molecule has 0 saturated heterocycles. The highest BCUT2D eigenvalue weighted by Gasteiger charge is 2.09. The van der Waals surface area contributed by atoms with E-state index in [-0.39, 0.29) is 18.1 Å². The number of pyridine rings is 1. The maximum absolute atomic E-state index is 11.3. The van der Waals surface area contributed by atoms with Crippen LogP contribution in [0, 0.1) is 6.92 Å². The second kappa shape index (κ2) is 12.6. The first-order valence-electron chi connectivity index (χ1n) is 10.9. The van der Waals surface area contributed by atoms with Crippen LogP contribution < -0.4 is 22.3 Å². The average Bonchev–Trinajstić information content (AvgIpc) is 2.82. The van der Waals surface area contributed by atoms with Crippen molar-refractivity contribution in [1.29, 1.82) is 0 Å². The van der Waals surface area contributed by atoms with E-state index in [4.69, 9.17) is 11.5 Å². The molecule has 32 heavy (non-hydrogen) atoms. The van der Waals surface area contributed by atoms with Gasteiger partial charge in [0.25, 0.3) is 0 Å². The van der Waals surface area contributed by atoms with E-state index in [1.54, 1.807) is 23.7 Å². The van der Waals surface area contributed by atoms with Gasteiger partial charge in [-0.05, 0) is 12.5 Å². The Bertz CT molecular complexity index is 1030. The number of hydrogen-bond acceptors (Lipinski definition) is 7. The van der Waals surface area contributed by atoms with Gasteiger partial charge in [-0.3, -0.25) is 14.7 Å². The van der Waals surface area contributed by atoms with Crippen LogP contribution in [0.2, 0.25) is 0 Å². The zero-order valence-corrected chi connectivity index (χ0v) is 19.2. The lowest BCUT2D eigenvalue weighted by molar-refractivity contribution is -0.138. The number of aromatic amines is 1. The number of anilines is 2. The van der Waals surface area contributed by atoms with E-state index in [1.807, 2.05) is 23.7 Å². The van der Waals surface area contributed by atoms with Crippen LogP contribution in [0.5, 0.6) is 0 Å². The van der Waals surface area contributed by atoms with Gasteiger partial charge in [-0.2, -0.15) is 0 Å². The molecule has 0 unspecified atom stereocenters. The van der Waals surface area contributed by atoms with Crippen molar-refractivity contribution in [2.75, 3.05) is 24.7 Å². The molecule has 0 aromatic carbocycles. The second-order valence-corrected chi connectivity index (χ2v) is 7.70. The van der Waals surface area contributed by atoms with E-state index < -0.39 is 0 Å². The molecule has 0 bridgehead atoms. The third-order valence-electron chi connectivity index (χ3n) is 5.10. The molecule has 10 nitrogen and oxygen atoms in total. The number of H-pyrrole nitrogens is 1. The normalized spacial score (nSPS) is 12.9. The smallest absolute Gasteiger partial charge is 0.319 e. The molecule has 6 N–H and O–H groups in total. The highest BCUT2D eigenvalue weighted by atomic mass is 16.5. The standard InChI is InChI=1S/C13H16N6O.C6H12.C3H7NO2/c1-8-13-16-10(14)5-11(19(13)17-8)15-6-9-3-4-12(20)18(2)7-9;1-2-4-6-5-3-1;1-6-3(5)2-4/h3-5,7,15,17H,6H2,1-2H3,(H2,14,16);1-6H2;2,4H2,1H3. The molecular weight excluding hydrogens is 410 g/mol. The van der Waals surface area contributed by atoms with E-state index in [0.29, 0.717) is 12.4 Å². The van der Waals surface area contributed by atoms with Crippen LogP contribution in [0.4, 0.5) is 11.6 Å². The molecule has 1 saturated carbocycles. The Kier molecular flexibility index (Phi) is 9.80. The van der Waals surface area contributed by atoms with E-state index in [0.717, 1.165) is 22.7 Å². The summed E-state index contributed by atoms with van der Waals surface area (Å²) in [4.78, 5) is 25.4. The van der Waals surface area contributed by atoms with Gasteiger partial charge in [0.2, 0.25) is 5.56 Å². The Labute approximate surface area is 187 Å². The third-order valence-corrected chi connectivity index (χ3v) is 5.10. The van der Waals surface area contributed by atoms with Crippen LogP contribution in [-0.2, 0) is 23.1 Å². The number of nitrogens with zero attached hydrogens (tertiary/aromatic N) is 3. The van der Waals surface area contributed by atoms with Crippen LogP contribution in [0.15, 0.2) is 29.2 Å². The first-order chi connectivity index (χ1) is 15.3. The summed E-state index contributed by atoms with van der Waals surface area (Å²) < 4.78 is 7.53. The molecule has 3 heterocycles. The van der Waals surface area contributed by atoms with Crippen molar-refractivity contribution in [3.05, 3.63) is 46.0 Å². The predicted molar refractivity (Wildman–Crippen MR) is 126 cm³/mol. The summed E-state index contributed by atoms with van der Waals surface area (Å²) in [7, 11) is 3.03. The van der Waals surface area contributed by atoms with Gasteiger partial charge in [0.1, 0.15) is 11.6 Å². The lowest BCUT2D eigenvalue weighted by atomic mass is 10.0. The van der Waals surface area contributed by atoms with Crippen LogP contribution in [0.25, 0.3) is 5.65 Å². The van der Waals surface area contributed by atoms with Crippen molar-refractivity contribution in [3.8, 4) is 0 Å². The molecule has 1 aliphatic rings. The minimum absolute atomic E-state index is 0.0211. The van der Waals surface area contributed by atoms with E-state index in [9.17, 15) is 9.59 Å². The molecule has 0 radical (unpaired) electrons. The van der Waals surface area contributed by atoms with Gasteiger partial charge in [0.15, 0.2) is 5.65 Å². The van der Waals surface area contributed by atoms with Crippen LogP contribution in [-0.4, -0.2) is 38.8 Å². The van der Waals surface area contributed by atoms with Gasteiger partial charge >= 0.3 is 5.97 Å². The number of fused-ring (bicyclic) bond motifs is 1. The average molecular weight is 446 g/mol. The molecule has 0 atom stereocenters. The summed E-state index contributed by atoms with van der Waals surface area (Å²) in [5.41, 5.74) is 13.4. The monoisotopic (exact) mass is 445 g/mol. The summed E-state index contributed by atoms with van der Waals surface area (Å²) >= 11 is 0. The van der Waals surface area contributed by atoms with E-state index >= 15 is 0 Å². The number of carbonyl (C=O) groups is 1. The van der Waals surface area contributed by atoms with E-state index in [1.165, 1.54) is 45.6 Å². The Morgan fingerprint density at radius 2 is 1.84 bits per heavy atom. The minimum atomic E-state index is -0.380. The second-order valence-electron chi connectivity index (χ2n) is 7.70. The predicted octanol–water partition coefficient (Wildman–Crippen LogP) is 2.32. The van der Waals surface area contributed by atoms with Crippen molar-refractivity contribution >= 4 is 23.3 Å². The topological polar surface area (TPSA) is 145 Å². The third kappa shape index (κ3) is 7.45. The lowest BCUT2D eigenvalue weighted by Crippen LogP contribution is -2.17. The molecule has 4 rings (SSSR count). The fourth-order valence-electron chi connectivity index (χ4n) is 3.28. The Morgan fingerprint density at radius 3 is 2.31 bits per heavy atom. The molecule has 10 heteroatoms. The lowest BCUT2D eigenvalue weighted by Gasteiger charge is -2.17. The zero-order valence-electron chi connectivity index (χ0n) is 19.2.